The quantitative estimate of drug-likeness (QED) is 0.590. The molecule has 1 fully saturated rings. The largest absolute Gasteiger partial charge is 0.455 e. The van der Waals surface area contributed by atoms with Crippen LogP contribution in [0.2, 0.25) is 0 Å². The summed E-state index contributed by atoms with van der Waals surface area (Å²) in [5.74, 6) is -0.507. The van der Waals surface area contributed by atoms with Crippen LogP contribution in [0.15, 0.2) is 12.2 Å². The summed E-state index contributed by atoms with van der Waals surface area (Å²) in [4.78, 5) is 25.0. The van der Waals surface area contributed by atoms with E-state index in [4.69, 9.17) is 14.7 Å². The van der Waals surface area contributed by atoms with Gasteiger partial charge in [-0.3, -0.25) is 4.79 Å². The van der Waals surface area contributed by atoms with Crippen molar-refractivity contribution in [1.29, 1.82) is 5.26 Å². The maximum atomic E-state index is 12.2. The predicted molar refractivity (Wildman–Crippen MR) is 76.3 cm³/mol. The number of amides is 1. The lowest BCUT2D eigenvalue weighted by Gasteiger charge is -2.32. The fourth-order valence-electron chi connectivity index (χ4n) is 2.28. The minimum atomic E-state index is -0.817. The molecular weight excluding hydrogens is 272 g/mol. The van der Waals surface area contributed by atoms with Crippen molar-refractivity contribution in [2.45, 2.75) is 58.3 Å². The third-order valence-corrected chi connectivity index (χ3v) is 3.06. The average molecular weight is 294 g/mol. The maximum absolute atomic E-state index is 12.2. The number of hydrogen-bond acceptors (Lipinski definition) is 5. The van der Waals surface area contributed by atoms with Crippen molar-refractivity contribution in [3.05, 3.63) is 12.2 Å². The molecule has 6 nitrogen and oxygen atoms in total. The van der Waals surface area contributed by atoms with Crippen LogP contribution in [0.5, 0.6) is 0 Å². The van der Waals surface area contributed by atoms with Gasteiger partial charge in [0.05, 0.1) is 17.7 Å². The van der Waals surface area contributed by atoms with E-state index >= 15 is 0 Å². The summed E-state index contributed by atoms with van der Waals surface area (Å²) in [7, 11) is 0. The topological polar surface area (TPSA) is 79.6 Å². The lowest BCUT2D eigenvalue weighted by Crippen LogP contribution is -2.46. The summed E-state index contributed by atoms with van der Waals surface area (Å²) in [6.07, 6.45) is 0.119. The summed E-state index contributed by atoms with van der Waals surface area (Å²) in [6, 6.07) is 1.50. The van der Waals surface area contributed by atoms with Crippen LogP contribution in [0.1, 0.15) is 40.5 Å². The van der Waals surface area contributed by atoms with E-state index in [9.17, 15) is 9.59 Å². The zero-order valence-corrected chi connectivity index (χ0v) is 13.0. The number of esters is 1. The Morgan fingerprint density at radius 1 is 1.43 bits per heavy atom. The first-order valence-corrected chi connectivity index (χ1v) is 6.91. The van der Waals surface area contributed by atoms with E-state index in [1.807, 2.05) is 6.07 Å². The molecule has 116 valence electrons. The van der Waals surface area contributed by atoms with E-state index in [1.165, 1.54) is 11.8 Å². The molecule has 0 aromatic rings. The van der Waals surface area contributed by atoms with Crippen molar-refractivity contribution in [3.63, 3.8) is 0 Å². The normalized spacial score (nSPS) is 19.6. The number of carbonyl (C=O) groups is 2. The predicted octanol–water partition coefficient (Wildman–Crippen LogP) is 2.40. The summed E-state index contributed by atoms with van der Waals surface area (Å²) in [5, 5.41) is 9.01. The third-order valence-electron chi connectivity index (χ3n) is 3.06. The molecule has 2 atom stereocenters. The number of nitriles is 1. The average Bonchev–Trinajstić information content (AvgIpc) is 2.81. The molecule has 1 unspecified atom stereocenters. The van der Waals surface area contributed by atoms with Gasteiger partial charge in [0.25, 0.3) is 0 Å². The van der Waals surface area contributed by atoms with E-state index in [1.54, 1.807) is 20.8 Å². The molecule has 1 aliphatic rings. The number of hydrogen-bond donors (Lipinski definition) is 0. The molecule has 21 heavy (non-hydrogen) atoms. The maximum Gasteiger partial charge on any atom is 0.410 e. The fourth-order valence-corrected chi connectivity index (χ4v) is 2.28. The van der Waals surface area contributed by atoms with Crippen molar-refractivity contribution in [3.8, 4) is 6.07 Å². The molecule has 0 aromatic carbocycles. The minimum absolute atomic E-state index is 0.130. The van der Waals surface area contributed by atoms with Gasteiger partial charge in [0.2, 0.25) is 0 Å². The Labute approximate surface area is 125 Å². The molecule has 0 bridgehead atoms. The van der Waals surface area contributed by atoms with E-state index in [2.05, 4.69) is 6.58 Å². The van der Waals surface area contributed by atoms with Gasteiger partial charge in [0.1, 0.15) is 5.60 Å². The lowest BCUT2D eigenvalue weighted by molar-refractivity contribution is -0.146. The highest BCUT2D eigenvalue weighted by Gasteiger charge is 2.39. The van der Waals surface area contributed by atoms with Crippen molar-refractivity contribution in [1.82, 2.24) is 4.90 Å². The standard InChI is InChI=1S/C15H22N2O4/c1-10(9-16)13(20-11(2)18)12-7-6-8-17(12)14(19)21-15(3,4)5/h12-13H,1,6-8H2,2-5H3/t12-,13?/m0/s1. The molecule has 1 aliphatic heterocycles. The molecule has 1 heterocycles. The molecule has 0 spiro atoms. The molecule has 0 aromatic heterocycles. The lowest BCUT2D eigenvalue weighted by atomic mass is 10.0. The fraction of sp³-hybridized carbons (Fsp3) is 0.667. The van der Waals surface area contributed by atoms with Crippen LogP contribution < -0.4 is 0 Å². The number of likely N-dealkylation sites (tertiary alicyclic amines) is 1. The Morgan fingerprint density at radius 3 is 2.52 bits per heavy atom. The molecule has 0 aliphatic carbocycles. The van der Waals surface area contributed by atoms with Crippen LogP contribution in [0.4, 0.5) is 4.79 Å². The van der Waals surface area contributed by atoms with Crippen LogP contribution in [-0.4, -0.2) is 41.3 Å². The van der Waals surface area contributed by atoms with Gasteiger partial charge in [-0.25, -0.2) is 4.79 Å². The highest BCUT2D eigenvalue weighted by Crippen LogP contribution is 2.27. The van der Waals surface area contributed by atoms with Crippen LogP contribution in [0.25, 0.3) is 0 Å². The summed E-state index contributed by atoms with van der Waals surface area (Å²) < 4.78 is 10.5. The van der Waals surface area contributed by atoms with Gasteiger partial charge in [-0.1, -0.05) is 6.58 Å². The Morgan fingerprint density at radius 2 is 2.05 bits per heavy atom. The van der Waals surface area contributed by atoms with Gasteiger partial charge < -0.3 is 14.4 Å². The van der Waals surface area contributed by atoms with Crippen LogP contribution in [0, 0.1) is 11.3 Å². The van der Waals surface area contributed by atoms with Crippen LogP contribution in [-0.2, 0) is 14.3 Å². The molecular formula is C15H22N2O4. The second-order valence-electron chi connectivity index (χ2n) is 6.05. The van der Waals surface area contributed by atoms with Gasteiger partial charge >= 0.3 is 12.1 Å². The van der Waals surface area contributed by atoms with E-state index in [0.717, 1.165) is 6.42 Å². The SMILES string of the molecule is C=C(C#N)C(OC(C)=O)[C@@H]1CCCN1C(=O)OC(C)(C)C. The van der Waals surface area contributed by atoms with Crippen LogP contribution in [0.3, 0.4) is 0 Å². The third kappa shape index (κ3) is 4.78. The second-order valence-corrected chi connectivity index (χ2v) is 6.05. The number of rotatable bonds is 3. The molecule has 1 rings (SSSR count). The van der Waals surface area contributed by atoms with Crippen molar-refractivity contribution in [2.75, 3.05) is 6.54 Å². The zero-order chi connectivity index (χ0) is 16.2. The first kappa shape index (κ1) is 17.0. The molecule has 6 heteroatoms. The molecule has 1 amide bonds. The van der Waals surface area contributed by atoms with E-state index in [0.29, 0.717) is 13.0 Å². The van der Waals surface area contributed by atoms with Gasteiger partial charge in [-0.2, -0.15) is 5.26 Å². The van der Waals surface area contributed by atoms with Crippen LogP contribution >= 0.6 is 0 Å². The minimum Gasteiger partial charge on any atom is -0.455 e. The first-order valence-electron chi connectivity index (χ1n) is 6.91. The highest BCUT2D eigenvalue weighted by atomic mass is 16.6. The van der Waals surface area contributed by atoms with Crippen molar-refractivity contribution < 1.29 is 19.1 Å². The molecule has 0 radical (unpaired) electrons. The Bertz CT molecular complexity index is 473. The number of nitrogens with zero attached hydrogens (tertiary/aromatic N) is 2. The number of carbonyl (C=O) groups excluding carboxylic acids is 2. The first-order chi connectivity index (χ1) is 9.65. The second kappa shape index (κ2) is 6.61. The van der Waals surface area contributed by atoms with E-state index in [-0.39, 0.29) is 5.57 Å². The van der Waals surface area contributed by atoms with Gasteiger partial charge in [0, 0.05) is 13.5 Å². The highest BCUT2D eigenvalue weighted by molar-refractivity contribution is 5.70. The molecule has 1 saturated heterocycles. The summed E-state index contributed by atoms with van der Waals surface area (Å²) in [6.45, 7) is 10.8. The molecule has 0 saturated carbocycles. The molecule has 0 N–H and O–H groups in total. The monoisotopic (exact) mass is 294 g/mol. The Balaban J connectivity index is 2.91. The smallest absolute Gasteiger partial charge is 0.410 e. The Hall–Kier alpha value is -2.03. The summed E-state index contributed by atoms with van der Waals surface area (Å²) in [5.41, 5.74) is -0.474. The zero-order valence-electron chi connectivity index (χ0n) is 13.0. The van der Waals surface area contributed by atoms with Crippen molar-refractivity contribution >= 4 is 12.1 Å². The Kier molecular flexibility index (Phi) is 5.36. The number of ether oxygens (including phenoxy) is 2. The van der Waals surface area contributed by atoms with Gasteiger partial charge in [-0.15, -0.1) is 0 Å². The van der Waals surface area contributed by atoms with Gasteiger partial charge in [0.15, 0.2) is 6.10 Å². The van der Waals surface area contributed by atoms with Gasteiger partial charge in [-0.05, 0) is 33.6 Å². The van der Waals surface area contributed by atoms with E-state index < -0.39 is 29.8 Å². The summed E-state index contributed by atoms with van der Waals surface area (Å²) >= 11 is 0. The van der Waals surface area contributed by atoms with Crippen molar-refractivity contribution in [2.24, 2.45) is 0 Å².